The molecule has 25 heavy (non-hydrogen) atoms. The van der Waals surface area contributed by atoms with Crippen LogP contribution < -0.4 is 5.32 Å². The highest BCUT2D eigenvalue weighted by Crippen LogP contribution is 2.33. The molecule has 4 nitrogen and oxygen atoms in total. The Morgan fingerprint density at radius 1 is 1.08 bits per heavy atom. The fraction of sp³-hybridized carbons (Fsp3) is 0.400. The molecule has 0 amide bonds. The van der Waals surface area contributed by atoms with Gasteiger partial charge in [0, 0.05) is 17.8 Å². The van der Waals surface area contributed by atoms with E-state index in [1.807, 2.05) is 6.07 Å². The fourth-order valence-corrected chi connectivity index (χ4v) is 3.93. The van der Waals surface area contributed by atoms with E-state index in [9.17, 15) is 0 Å². The van der Waals surface area contributed by atoms with Crippen LogP contribution >= 0.6 is 11.3 Å². The van der Waals surface area contributed by atoms with Gasteiger partial charge in [-0.25, -0.2) is 9.97 Å². The Kier molecular flexibility index (Phi) is 5.66. The van der Waals surface area contributed by atoms with Gasteiger partial charge in [-0.3, -0.25) is 0 Å². The molecular formula is C20H26N4S. The second kappa shape index (κ2) is 7.93. The van der Waals surface area contributed by atoms with Crippen molar-refractivity contribution in [3.8, 4) is 0 Å². The molecular weight excluding hydrogens is 328 g/mol. The molecule has 1 N–H and O–H groups in total. The number of benzene rings is 1. The molecule has 0 atom stereocenters. The molecule has 5 heteroatoms. The summed E-state index contributed by atoms with van der Waals surface area (Å²) < 4.78 is 0. The largest absolute Gasteiger partial charge is 0.369 e. The molecule has 2 heterocycles. The number of aryl methyl sites for hydroxylation is 2. The van der Waals surface area contributed by atoms with Gasteiger partial charge < -0.3 is 10.2 Å². The number of hydrogen-bond acceptors (Lipinski definition) is 5. The summed E-state index contributed by atoms with van der Waals surface area (Å²) in [4.78, 5) is 14.3. The van der Waals surface area contributed by atoms with E-state index in [1.54, 1.807) is 11.3 Å². The van der Waals surface area contributed by atoms with Crippen LogP contribution in [0.4, 0.5) is 5.82 Å². The van der Waals surface area contributed by atoms with Gasteiger partial charge in [0.15, 0.2) is 0 Å². The van der Waals surface area contributed by atoms with Crippen molar-refractivity contribution < 1.29 is 0 Å². The van der Waals surface area contributed by atoms with Gasteiger partial charge in [-0.2, -0.15) is 0 Å². The first kappa shape index (κ1) is 17.8. The topological polar surface area (TPSA) is 41.1 Å². The molecule has 0 bridgehead atoms. The number of hydrogen-bond donors (Lipinski definition) is 1. The average molecular weight is 355 g/mol. The van der Waals surface area contributed by atoms with Crippen LogP contribution in [-0.4, -0.2) is 42.1 Å². The number of thiophene rings is 1. The summed E-state index contributed by atoms with van der Waals surface area (Å²) in [6.45, 7) is 6.32. The second-order valence-electron chi connectivity index (χ2n) is 6.70. The lowest BCUT2D eigenvalue weighted by molar-refractivity contribution is 0.405. The van der Waals surface area contributed by atoms with Crippen LogP contribution in [0.5, 0.6) is 0 Å². The molecule has 0 aliphatic rings. The second-order valence-corrected chi connectivity index (χ2v) is 7.90. The fourth-order valence-electron chi connectivity index (χ4n) is 2.88. The van der Waals surface area contributed by atoms with Crippen molar-refractivity contribution in [1.82, 2.24) is 14.9 Å². The summed E-state index contributed by atoms with van der Waals surface area (Å²) >= 11 is 1.76. The molecule has 3 aromatic rings. The predicted octanol–water partition coefficient (Wildman–Crippen LogP) is 4.26. The first-order valence-corrected chi connectivity index (χ1v) is 9.55. The summed E-state index contributed by atoms with van der Waals surface area (Å²) in [6, 6.07) is 10.4. The monoisotopic (exact) mass is 354 g/mol. The smallest absolute Gasteiger partial charge is 0.138 e. The van der Waals surface area contributed by atoms with Crippen LogP contribution in [0.2, 0.25) is 0 Å². The molecule has 0 fully saturated rings. The summed E-state index contributed by atoms with van der Waals surface area (Å²) in [5.41, 5.74) is 2.53. The van der Waals surface area contributed by atoms with Crippen molar-refractivity contribution in [2.75, 3.05) is 32.5 Å². The van der Waals surface area contributed by atoms with Gasteiger partial charge >= 0.3 is 0 Å². The minimum Gasteiger partial charge on any atom is -0.369 e. The van der Waals surface area contributed by atoms with E-state index in [0.29, 0.717) is 0 Å². The highest BCUT2D eigenvalue weighted by Gasteiger charge is 2.14. The van der Waals surface area contributed by atoms with E-state index in [0.717, 1.165) is 42.4 Å². The molecule has 0 spiro atoms. The van der Waals surface area contributed by atoms with Gasteiger partial charge in [-0.1, -0.05) is 30.3 Å². The van der Waals surface area contributed by atoms with Gasteiger partial charge in [0.2, 0.25) is 0 Å². The van der Waals surface area contributed by atoms with Crippen molar-refractivity contribution in [1.29, 1.82) is 0 Å². The zero-order valence-corrected chi connectivity index (χ0v) is 16.3. The first-order valence-electron chi connectivity index (χ1n) is 8.73. The molecule has 0 radical (unpaired) electrons. The summed E-state index contributed by atoms with van der Waals surface area (Å²) in [5.74, 6) is 1.87. The minimum atomic E-state index is 0.763. The number of nitrogens with zero attached hydrogens (tertiary/aromatic N) is 3. The lowest BCUT2D eigenvalue weighted by Gasteiger charge is -2.12. The Morgan fingerprint density at radius 2 is 1.84 bits per heavy atom. The third-order valence-corrected chi connectivity index (χ3v) is 5.46. The van der Waals surface area contributed by atoms with E-state index in [-0.39, 0.29) is 0 Å². The molecule has 0 aliphatic carbocycles. The maximum absolute atomic E-state index is 4.86. The van der Waals surface area contributed by atoms with E-state index in [4.69, 9.17) is 9.97 Å². The quantitative estimate of drug-likeness (QED) is 0.644. The lowest BCUT2D eigenvalue weighted by Crippen LogP contribution is -2.17. The van der Waals surface area contributed by atoms with Crippen LogP contribution in [0.1, 0.15) is 28.2 Å². The zero-order valence-electron chi connectivity index (χ0n) is 15.5. The van der Waals surface area contributed by atoms with Crippen molar-refractivity contribution in [3.05, 3.63) is 52.2 Å². The Hall–Kier alpha value is -1.98. The van der Waals surface area contributed by atoms with Gasteiger partial charge in [-0.05, 0) is 52.0 Å². The van der Waals surface area contributed by atoms with Gasteiger partial charge in [0.1, 0.15) is 16.5 Å². The first-order chi connectivity index (χ1) is 12.0. The molecule has 132 valence electrons. The van der Waals surface area contributed by atoms with Gasteiger partial charge in [0.25, 0.3) is 0 Å². The summed E-state index contributed by atoms with van der Waals surface area (Å²) in [7, 11) is 4.21. The van der Waals surface area contributed by atoms with E-state index in [2.05, 4.69) is 62.4 Å². The van der Waals surface area contributed by atoms with Crippen LogP contribution in [0.3, 0.4) is 0 Å². The van der Waals surface area contributed by atoms with Crippen LogP contribution in [0.25, 0.3) is 10.2 Å². The molecule has 0 unspecified atom stereocenters. The molecule has 2 aromatic heterocycles. The maximum Gasteiger partial charge on any atom is 0.138 e. The molecule has 1 aromatic carbocycles. The van der Waals surface area contributed by atoms with Crippen molar-refractivity contribution >= 4 is 27.4 Å². The summed E-state index contributed by atoms with van der Waals surface area (Å²) in [5, 5.41) is 4.74. The minimum absolute atomic E-state index is 0.763. The van der Waals surface area contributed by atoms with E-state index in [1.165, 1.54) is 21.4 Å². The third kappa shape index (κ3) is 4.35. The Labute approximate surface area is 153 Å². The SMILES string of the molecule is Cc1sc2nc(Cc3ccccc3)nc(NCCCN(C)C)c2c1C. The predicted molar refractivity (Wildman–Crippen MR) is 108 cm³/mol. The molecule has 3 rings (SSSR count). The van der Waals surface area contributed by atoms with Crippen LogP contribution in [-0.2, 0) is 6.42 Å². The Balaban J connectivity index is 1.89. The van der Waals surface area contributed by atoms with Gasteiger partial charge in [0.05, 0.1) is 5.39 Å². The Bertz CT molecular complexity index is 840. The molecule has 0 saturated carbocycles. The molecule has 0 saturated heterocycles. The van der Waals surface area contributed by atoms with Crippen molar-refractivity contribution in [3.63, 3.8) is 0 Å². The lowest BCUT2D eigenvalue weighted by atomic mass is 10.1. The Morgan fingerprint density at radius 3 is 2.56 bits per heavy atom. The molecule has 0 aliphatic heterocycles. The zero-order chi connectivity index (χ0) is 17.8. The average Bonchev–Trinajstić information content (AvgIpc) is 2.87. The van der Waals surface area contributed by atoms with E-state index >= 15 is 0 Å². The highest BCUT2D eigenvalue weighted by molar-refractivity contribution is 7.18. The number of fused-ring (bicyclic) bond motifs is 1. The van der Waals surface area contributed by atoms with Crippen molar-refractivity contribution in [2.24, 2.45) is 0 Å². The van der Waals surface area contributed by atoms with Crippen molar-refractivity contribution in [2.45, 2.75) is 26.7 Å². The maximum atomic E-state index is 4.86. The number of aromatic nitrogens is 2. The number of rotatable bonds is 7. The van der Waals surface area contributed by atoms with Crippen LogP contribution in [0.15, 0.2) is 30.3 Å². The number of anilines is 1. The standard InChI is InChI=1S/C20H26N4S/c1-14-15(2)25-20-18(14)19(21-11-8-12-24(3)4)22-17(23-20)13-16-9-6-5-7-10-16/h5-7,9-10H,8,11-13H2,1-4H3,(H,21,22,23). The third-order valence-electron chi connectivity index (χ3n) is 4.35. The number of nitrogens with one attached hydrogen (secondary N) is 1. The van der Waals surface area contributed by atoms with Gasteiger partial charge in [-0.15, -0.1) is 11.3 Å². The summed E-state index contributed by atoms with van der Waals surface area (Å²) in [6.07, 6.45) is 1.85. The van der Waals surface area contributed by atoms with E-state index < -0.39 is 0 Å². The van der Waals surface area contributed by atoms with Crippen LogP contribution in [0, 0.1) is 13.8 Å². The highest BCUT2D eigenvalue weighted by atomic mass is 32.1. The normalized spacial score (nSPS) is 11.4.